The SMILES string of the molecule is CCOCC(=O)c1ccccc1F. The zero-order chi connectivity index (χ0) is 9.68. The summed E-state index contributed by atoms with van der Waals surface area (Å²) in [6, 6.07) is 5.89. The third-order valence-electron chi connectivity index (χ3n) is 1.61. The summed E-state index contributed by atoms with van der Waals surface area (Å²) in [4.78, 5) is 11.3. The molecule has 2 nitrogen and oxygen atoms in total. The van der Waals surface area contributed by atoms with Crippen LogP contribution in [0.5, 0.6) is 0 Å². The Morgan fingerprint density at radius 2 is 2.15 bits per heavy atom. The van der Waals surface area contributed by atoms with Crippen LogP contribution in [0.15, 0.2) is 24.3 Å². The van der Waals surface area contributed by atoms with E-state index in [-0.39, 0.29) is 18.0 Å². The summed E-state index contributed by atoms with van der Waals surface area (Å²) in [5.41, 5.74) is 0.0935. The summed E-state index contributed by atoms with van der Waals surface area (Å²) in [5.74, 6) is -0.813. The molecule has 1 aromatic carbocycles. The van der Waals surface area contributed by atoms with Gasteiger partial charge in [0.15, 0.2) is 5.78 Å². The number of ether oxygens (including phenoxy) is 1. The average molecular weight is 182 g/mol. The topological polar surface area (TPSA) is 26.3 Å². The lowest BCUT2D eigenvalue weighted by Crippen LogP contribution is -2.10. The molecule has 0 spiro atoms. The Labute approximate surface area is 76.3 Å². The van der Waals surface area contributed by atoms with Crippen molar-refractivity contribution in [1.29, 1.82) is 0 Å². The number of halogens is 1. The second kappa shape index (κ2) is 4.72. The van der Waals surface area contributed by atoms with Gasteiger partial charge in [0.05, 0.1) is 5.56 Å². The molecule has 0 saturated heterocycles. The van der Waals surface area contributed by atoms with Crippen molar-refractivity contribution in [2.45, 2.75) is 6.92 Å². The van der Waals surface area contributed by atoms with Crippen LogP contribution in [-0.2, 0) is 4.74 Å². The molecule has 3 heteroatoms. The van der Waals surface area contributed by atoms with Gasteiger partial charge in [-0.05, 0) is 19.1 Å². The number of hydrogen-bond donors (Lipinski definition) is 0. The Kier molecular flexibility index (Phi) is 3.58. The van der Waals surface area contributed by atoms with Gasteiger partial charge in [-0.1, -0.05) is 12.1 Å². The number of carbonyl (C=O) groups is 1. The lowest BCUT2D eigenvalue weighted by molar-refractivity contribution is 0.0779. The quantitative estimate of drug-likeness (QED) is 0.666. The van der Waals surface area contributed by atoms with Gasteiger partial charge in [-0.2, -0.15) is 0 Å². The number of hydrogen-bond acceptors (Lipinski definition) is 2. The highest BCUT2D eigenvalue weighted by Gasteiger charge is 2.09. The number of ketones is 1. The second-order valence-corrected chi connectivity index (χ2v) is 2.54. The van der Waals surface area contributed by atoms with E-state index in [0.717, 1.165) is 0 Å². The van der Waals surface area contributed by atoms with Gasteiger partial charge in [-0.25, -0.2) is 4.39 Å². The van der Waals surface area contributed by atoms with Gasteiger partial charge in [0.1, 0.15) is 12.4 Å². The molecule has 0 heterocycles. The molecule has 0 unspecified atom stereocenters. The molecule has 0 saturated carbocycles. The van der Waals surface area contributed by atoms with E-state index in [2.05, 4.69) is 0 Å². The Balaban J connectivity index is 2.71. The third kappa shape index (κ3) is 2.63. The number of benzene rings is 1. The molecular formula is C10H11FO2. The molecule has 70 valence electrons. The number of Topliss-reactive ketones (excluding diaryl/α,β-unsaturated/α-hetero) is 1. The van der Waals surface area contributed by atoms with Crippen molar-refractivity contribution < 1.29 is 13.9 Å². The van der Waals surface area contributed by atoms with E-state index in [4.69, 9.17) is 4.74 Å². The van der Waals surface area contributed by atoms with E-state index in [9.17, 15) is 9.18 Å². The smallest absolute Gasteiger partial charge is 0.191 e. The van der Waals surface area contributed by atoms with E-state index in [0.29, 0.717) is 6.61 Å². The predicted octanol–water partition coefficient (Wildman–Crippen LogP) is 2.04. The monoisotopic (exact) mass is 182 g/mol. The van der Waals surface area contributed by atoms with Crippen LogP contribution in [0.1, 0.15) is 17.3 Å². The van der Waals surface area contributed by atoms with E-state index < -0.39 is 5.82 Å². The molecule has 1 rings (SSSR count). The minimum Gasteiger partial charge on any atom is -0.374 e. The van der Waals surface area contributed by atoms with Crippen LogP contribution in [0.25, 0.3) is 0 Å². The zero-order valence-electron chi connectivity index (χ0n) is 7.42. The van der Waals surface area contributed by atoms with Crippen LogP contribution >= 0.6 is 0 Å². The summed E-state index contributed by atoms with van der Waals surface area (Å²) in [5, 5.41) is 0. The molecule has 0 radical (unpaired) electrons. The summed E-state index contributed by atoms with van der Waals surface area (Å²) in [7, 11) is 0. The molecule has 0 atom stereocenters. The van der Waals surface area contributed by atoms with Crippen LogP contribution in [0.4, 0.5) is 4.39 Å². The maximum Gasteiger partial charge on any atom is 0.191 e. The van der Waals surface area contributed by atoms with Crippen LogP contribution in [0.3, 0.4) is 0 Å². The number of carbonyl (C=O) groups excluding carboxylic acids is 1. The van der Waals surface area contributed by atoms with Gasteiger partial charge >= 0.3 is 0 Å². The first kappa shape index (κ1) is 9.86. The summed E-state index contributed by atoms with van der Waals surface area (Å²) < 4.78 is 17.9. The van der Waals surface area contributed by atoms with Crippen LogP contribution in [0.2, 0.25) is 0 Å². The van der Waals surface area contributed by atoms with Gasteiger partial charge in [0, 0.05) is 6.61 Å². The normalized spacial score (nSPS) is 10.0. The minimum atomic E-state index is -0.493. The van der Waals surface area contributed by atoms with Crippen molar-refractivity contribution in [2.75, 3.05) is 13.2 Å². The van der Waals surface area contributed by atoms with Gasteiger partial charge in [0.2, 0.25) is 0 Å². The first-order valence-electron chi connectivity index (χ1n) is 4.11. The minimum absolute atomic E-state index is 0.0581. The maximum atomic E-state index is 13.0. The fraction of sp³-hybridized carbons (Fsp3) is 0.300. The summed E-state index contributed by atoms with van der Waals surface area (Å²) in [6.45, 7) is 2.19. The molecule has 0 aliphatic rings. The van der Waals surface area contributed by atoms with E-state index in [1.54, 1.807) is 19.1 Å². The molecule has 1 aromatic rings. The van der Waals surface area contributed by atoms with Gasteiger partial charge in [-0.3, -0.25) is 4.79 Å². The maximum absolute atomic E-state index is 13.0. The molecule has 0 bridgehead atoms. The van der Waals surface area contributed by atoms with E-state index >= 15 is 0 Å². The largest absolute Gasteiger partial charge is 0.374 e. The molecule has 0 aliphatic carbocycles. The number of rotatable bonds is 4. The lowest BCUT2D eigenvalue weighted by atomic mass is 10.1. The Hall–Kier alpha value is -1.22. The van der Waals surface area contributed by atoms with E-state index in [1.165, 1.54) is 12.1 Å². The van der Waals surface area contributed by atoms with Crippen LogP contribution in [0, 0.1) is 5.82 Å². The predicted molar refractivity (Wildman–Crippen MR) is 47.2 cm³/mol. The Morgan fingerprint density at radius 3 is 2.77 bits per heavy atom. The van der Waals surface area contributed by atoms with Crippen LogP contribution in [-0.4, -0.2) is 19.0 Å². The fourth-order valence-electron chi connectivity index (χ4n) is 0.960. The average Bonchev–Trinajstić information content (AvgIpc) is 2.15. The molecule has 0 N–H and O–H groups in total. The molecule has 13 heavy (non-hydrogen) atoms. The fourth-order valence-corrected chi connectivity index (χ4v) is 0.960. The summed E-state index contributed by atoms with van der Waals surface area (Å²) in [6.07, 6.45) is 0. The third-order valence-corrected chi connectivity index (χ3v) is 1.61. The van der Waals surface area contributed by atoms with Gasteiger partial charge < -0.3 is 4.74 Å². The van der Waals surface area contributed by atoms with Crippen molar-refractivity contribution in [1.82, 2.24) is 0 Å². The highest BCUT2D eigenvalue weighted by Crippen LogP contribution is 2.06. The standard InChI is InChI=1S/C10H11FO2/c1-2-13-7-10(12)8-5-3-4-6-9(8)11/h3-6H,2,7H2,1H3. The molecule has 0 fully saturated rings. The van der Waals surface area contributed by atoms with Crippen molar-refractivity contribution in [3.63, 3.8) is 0 Å². The van der Waals surface area contributed by atoms with Crippen molar-refractivity contribution in [3.8, 4) is 0 Å². The highest BCUT2D eigenvalue weighted by atomic mass is 19.1. The van der Waals surface area contributed by atoms with Crippen LogP contribution < -0.4 is 0 Å². The van der Waals surface area contributed by atoms with Crippen molar-refractivity contribution >= 4 is 5.78 Å². The Morgan fingerprint density at radius 1 is 1.46 bits per heavy atom. The van der Waals surface area contributed by atoms with Gasteiger partial charge in [0.25, 0.3) is 0 Å². The van der Waals surface area contributed by atoms with Crippen molar-refractivity contribution in [3.05, 3.63) is 35.6 Å². The van der Waals surface area contributed by atoms with E-state index in [1.807, 2.05) is 0 Å². The first-order valence-corrected chi connectivity index (χ1v) is 4.11. The highest BCUT2D eigenvalue weighted by molar-refractivity contribution is 5.97. The van der Waals surface area contributed by atoms with Gasteiger partial charge in [-0.15, -0.1) is 0 Å². The zero-order valence-corrected chi connectivity index (χ0v) is 7.42. The van der Waals surface area contributed by atoms with Crippen molar-refractivity contribution in [2.24, 2.45) is 0 Å². The molecule has 0 aliphatic heterocycles. The summed E-state index contributed by atoms with van der Waals surface area (Å²) >= 11 is 0. The first-order chi connectivity index (χ1) is 6.25. The molecule has 0 aromatic heterocycles. The second-order valence-electron chi connectivity index (χ2n) is 2.54. The Bertz CT molecular complexity index is 297. The molecular weight excluding hydrogens is 171 g/mol. The lowest BCUT2D eigenvalue weighted by Gasteiger charge is -2.01. The molecule has 0 amide bonds.